The van der Waals surface area contributed by atoms with Crippen molar-refractivity contribution in [3.05, 3.63) is 83.2 Å². The smallest absolute Gasteiger partial charge is 0.263 e. The van der Waals surface area contributed by atoms with Gasteiger partial charge in [-0.2, -0.15) is 0 Å². The lowest BCUT2D eigenvalue weighted by molar-refractivity contribution is 0.261. The molecule has 0 aliphatic carbocycles. The highest BCUT2D eigenvalue weighted by Gasteiger charge is 2.14. The van der Waals surface area contributed by atoms with Crippen molar-refractivity contribution in [1.29, 1.82) is 0 Å². The number of pyridine rings is 1. The molecule has 0 N–H and O–H groups in total. The molecule has 33 heavy (non-hydrogen) atoms. The summed E-state index contributed by atoms with van der Waals surface area (Å²) in [5.41, 5.74) is 2.35. The molecule has 0 aliphatic heterocycles. The van der Waals surface area contributed by atoms with Crippen molar-refractivity contribution in [1.82, 2.24) is 9.47 Å². The van der Waals surface area contributed by atoms with Gasteiger partial charge in [0.2, 0.25) is 0 Å². The second kappa shape index (κ2) is 9.79. The maximum absolute atomic E-state index is 13.7. The molecule has 4 rings (SSSR count). The Labute approximate surface area is 193 Å². The minimum Gasteiger partial charge on any atom is -0.497 e. The van der Waals surface area contributed by atoms with Crippen LogP contribution < -0.4 is 19.8 Å². The summed E-state index contributed by atoms with van der Waals surface area (Å²) in [6.07, 6.45) is 0. The zero-order valence-corrected chi connectivity index (χ0v) is 19.4. The van der Waals surface area contributed by atoms with Crippen molar-refractivity contribution in [3.8, 4) is 34.2 Å². The first-order valence-corrected chi connectivity index (χ1v) is 10.8. The second-order valence-electron chi connectivity index (χ2n) is 8.00. The Hall–Kier alpha value is -3.77. The molecule has 6 heteroatoms. The average molecular weight is 445 g/mol. The first kappa shape index (κ1) is 22.4. The first-order chi connectivity index (χ1) is 16.0. The van der Waals surface area contributed by atoms with Gasteiger partial charge < -0.3 is 19.1 Å². The average Bonchev–Trinajstić information content (AvgIpc) is 2.84. The molecule has 3 aromatic carbocycles. The van der Waals surface area contributed by atoms with Crippen LogP contribution in [-0.4, -0.2) is 50.9 Å². The number of ether oxygens (including phenoxy) is 3. The van der Waals surface area contributed by atoms with Crippen LogP contribution in [0.2, 0.25) is 0 Å². The van der Waals surface area contributed by atoms with E-state index in [0.29, 0.717) is 17.7 Å². The summed E-state index contributed by atoms with van der Waals surface area (Å²) in [6.45, 7) is 1.43. The third kappa shape index (κ3) is 4.86. The van der Waals surface area contributed by atoms with E-state index in [2.05, 4.69) is 4.90 Å². The SMILES string of the molecule is COc1ccc(-c2cc3ccc(OC)cc3c(=O)n2-c2ccc(OCCN(C)C)cc2)cc1. The zero-order chi connectivity index (χ0) is 23.4. The van der Waals surface area contributed by atoms with Crippen LogP contribution in [0.3, 0.4) is 0 Å². The highest BCUT2D eigenvalue weighted by atomic mass is 16.5. The van der Waals surface area contributed by atoms with Gasteiger partial charge in [0.1, 0.15) is 23.9 Å². The lowest BCUT2D eigenvalue weighted by atomic mass is 10.1. The van der Waals surface area contributed by atoms with Crippen LogP contribution in [0.5, 0.6) is 17.2 Å². The standard InChI is InChI=1S/C27H28N2O4/c1-28(2)15-16-33-23-13-8-21(9-14-23)29-26(19-5-10-22(31-3)11-6-19)17-20-7-12-24(32-4)18-25(20)27(29)30/h5-14,17-18H,15-16H2,1-4H3. The Morgan fingerprint density at radius 3 is 2.06 bits per heavy atom. The van der Waals surface area contributed by atoms with Gasteiger partial charge in [-0.25, -0.2) is 0 Å². The van der Waals surface area contributed by atoms with Crippen molar-refractivity contribution in [3.63, 3.8) is 0 Å². The van der Waals surface area contributed by atoms with Crippen LogP contribution in [-0.2, 0) is 0 Å². The van der Waals surface area contributed by atoms with Crippen molar-refractivity contribution < 1.29 is 14.2 Å². The molecule has 0 amide bonds. The summed E-state index contributed by atoms with van der Waals surface area (Å²) in [4.78, 5) is 15.8. The monoisotopic (exact) mass is 444 g/mol. The van der Waals surface area contributed by atoms with E-state index in [1.54, 1.807) is 24.9 Å². The maximum Gasteiger partial charge on any atom is 0.263 e. The zero-order valence-electron chi connectivity index (χ0n) is 19.4. The van der Waals surface area contributed by atoms with Crippen LogP contribution in [0.15, 0.2) is 77.6 Å². The summed E-state index contributed by atoms with van der Waals surface area (Å²) in [6, 6.07) is 22.9. The fourth-order valence-electron chi connectivity index (χ4n) is 3.68. The number of hydrogen-bond acceptors (Lipinski definition) is 5. The van der Waals surface area contributed by atoms with Gasteiger partial charge in [-0.1, -0.05) is 6.07 Å². The largest absolute Gasteiger partial charge is 0.497 e. The fourth-order valence-corrected chi connectivity index (χ4v) is 3.68. The molecule has 1 heterocycles. The number of fused-ring (bicyclic) bond motifs is 1. The topological polar surface area (TPSA) is 52.9 Å². The van der Waals surface area contributed by atoms with Crippen molar-refractivity contribution in [2.45, 2.75) is 0 Å². The predicted octanol–water partition coefficient (Wildman–Crippen LogP) is 4.62. The van der Waals surface area contributed by atoms with E-state index < -0.39 is 0 Å². The van der Waals surface area contributed by atoms with Gasteiger partial charge in [0.25, 0.3) is 5.56 Å². The first-order valence-electron chi connectivity index (χ1n) is 10.8. The molecule has 4 aromatic rings. The Bertz CT molecular complexity index is 1290. The number of benzene rings is 3. The maximum atomic E-state index is 13.7. The normalized spacial score (nSPS) is 11.1. The van der Waals surface area contributed by atoms with E-state index in [9.17, 15) is 4.79 Å². The number of hydrogen-bond donors (Lipinski definition) is 0. The minimum atomic E-state index is -0.113. The van der Waals surface area contributed by atoms with Crippen molar-refractivity contribution in [2.24, 2.45) is 0 Å². The minimum absolute atomic E-state index is 0.113. The molecule has 0 bridgehead atoms. The Balaban J connectivity index is 1.83. The fraction of sp³-hybridized carbons (Fsp3) is 0.222. The van der Waals surface area contributed by atoms with Crippen LogP contribution in [0.25, 0.3) is 27.7 Å². The summed E-state index contributed by atoms with van der Waals surface area (Å²) in [7, 11) is 7.25. The molecule has 0 fully saturated rings. The van der Waals surface area contributed by atoms with Crippen molar-refractivity contribution >= 4 is 10.8 Å². The van der Waals surface area contributed by atoms with Crippen molar-refractivity contribution in [2.75, 3.05) is 41.5 Å². The van der Waals surface area contributed by atoms with E-state index >= 15 is 0 Å². The molecular weight excluding hydrogens is 416 g/mol. The van der Waals surface area contributed by atoms with E-state index in [1.807, 2.05) is 80.8 Å². The van der Waals surface area contributed by atoms with Gasteiger partial charge in [-0.3, -0.25) is 9.36 Å². The van der Waals surface area contributed by atoms with Gasteiger partial charge >= 0.3 is 0 Å². The van der Waals surface area contributed by atoms with E-state index in [0.717, 1.165) is 40.4 Å². The molecule has 0 unspecified atom stereocenters. The quantitative estimate of drug-likeness (QED) is 0.397. The summed E-state index contributed by atoms with van der Waals surface area (Å²) < 4.78 is 18.2. The van der Waals surface area contributed by atoms with Crippen LogP contribution >= 0.6 is 0 Å². The van der Waals surface area contributed by atoms with Gasteiger partial charge in [0.15, 0.2) is 0 Å². The van der Waals surface area contributed by atoms with E-state index in [4.69, 9.17) is 14.2 Å². The molecular formula is C27H28N2O4. The highest BCUT2D eigenvalue weighted by Crippen LogP contribution is 2.29. The molecule has 6 nitrogen and oxygen atoms in total. The van der Waals surface area contributed by atoms with Crippen LogP contribution in [0, 0.1) is 0 Å². The molecule has 0 spiro atoms. The number of aromatic nitrogens is 1. The Morgan fingerprint density at radius 2 is 1.42 bits per heavy atom. The summed E-state index contributed by atoms with van der Waals surface area (Å²) >= 11 is 0. The number of methoxy groups -OCH3 is 2. The highest BCUT2D eigenvalue weighted by molar-refractivity contribution is 5.87. The van der Waals surface area contributed by atoms with Gasteiger partial charge in [-0.05, 0) is 91.8 Å². The van der Waals surface area contributed by atoms with E-state index in [-0.39, 0.29) is 5.56 Å². The third-order valence-electron chi connectivity index (χ3n) is 5.52. The second-order valence-corrected chi connectivity index (χ2v) is 8.00. The lowest BCUT2D eigenvalue weighted by Crippen LogP contribution is -2.21. The van der Waals surface area contributed by atoms with Crippen LogP contribution in [0.1, 0.15) is 0 Å². The van der Waals surface area contributed by atoms with E-state index in [1.165, 1.54) is 0 Å². The Morgan fingerprint density at radius 1 is 0.788 bits per heavy atom. The number of rotatable bonds is 8. The summed E-state index contributed by atoms with van der Waals surface area (Å²) in [5.74, 6) is 2.17. The third-order valence-corrected chi connectivity index (χ3v) is 5.52. The Kier molecular flexibility index (Phi) is 6.66. The predicted molar refractivity (Wildman–Crippen MR) is 132 cm³/mol. The van der Waals surface area contributed by atoms with Gasteiger partial charge in [0.05, 0.1) is 25.3 Å². The van der Waals surface area contributed by atoms with Gasteiger partial charge in [-0.15, -0.1) is 0 Å². The molecule has 0 saturated carbocycles. The van der Waals surface area contributed by atoms with Crippen LogP contribution in [0.4, 0.5) is 0 Å². The molecule has 1 aromatic heterocycles. The molecule has 170 valence electrons. The number of nitrogens with zero attached hydrogens (tertiary/aromatic N) is 2. The molecule has 0 aliphatic rings. The molecule has 0 atom stereocenters. The number of likely N-dealkylation sites (N-methyl/N-ethyl adjacent to an activating group) is 1. The lowest BCUT2D eigenvalue weighted by Gasteiger charge is -2.16. The molecule has 0 saturated heterocycles. The molecule has 0 radical (unpaired) electrons. The summed E-state index contributed by atoms with van der Waals surface area (Å²) in [5, 5.41) is 1.45. The van der Waals surface area contributed by atoms with Gasteiger partial charge in [0, 0.05) is 12.2 Å².